The number of benzene rings is 1. The minimum Gasteiger partial charge on any atom is -0.452 e. The minimum atomic E-state index is -0.729. The van der Waals surface area contributed by atoms with Gasteiger partial charge in [-0.2, -0.15) is 0 Å². The number of rotatable bonds is 2. The molecule has 0 unspecified atom stereocenters. The average Bonchev–Trinajstić information content (AvgIpc) is 2.43. The van der Waals surface area contributed by atoms with Gasteiger partial charge in [0.05, 0.1) is 7.11 Å². The van der Waals surface area contributed by atoms with Crippen molar-refractivity contribution in [2.45, 2.75) is 0 Å². The Balaban J connectivity index is 2.46. The maximum atomic E-state index is 11.5. The highest BCUT2D eigenvalue weighted by molar-refractivity contribution is 7.80. The highest BCUT2D eigenvalue weighted by Gasteiger charge is 2.03. The molecule has 8 heteroatoms. The summed E-state index contributed by atoms with van der Waals surface area (Å²) in [5.41, 5.74) is 5.10. The van der Waals surface area contributed by atoms with Crippen molar-refractivity contribution in [2.75, 3.05) is 7.11 Å². The molecule has 0 spiro atoms. The molecule has 2 amide bonds. The summed E-state index contributed by atoms with van der Waals surface area (Å²) in [6.07, 6.45) is 2.09. The third-order valence-corrected chi connectivity index (χ3v) is 2.57. The fraction of sp³-hybridized carbons (Fsp3) is 0.0833. The third-order valence-electron chi connectivity index (χ3n) is 2.02. The van der Waals surface area contributed by atoms with E-state index in [4.69, 9.17) is 23.8 Å². The second kappa shape index (κ2) is 8.13. The van der Waals surface area contributed by atoms with Crippen LogP contribution in [0.2, 0.25) is 5.02 Å². The first-order valence-electron chi connectivity index (χ1n) is 5.40. The van der Waals surface area contributed by atoms with Crippen molar-refractivity contribution < 1.29 is 14.3 Å². The van der Waals surface area contributed by atoms with Crippen molar-refractivity contribution >= 4 is 47.0 Å². The Morgan fingerprint density at radius 2 is 2.00 bits per heavy atom. The van der Waals surface area contributed by atoms with Crippen LogP contribution in [0.4, 0.5) is 4.79 Å². The number of halogens is 1. The maximum absolute atomic E-state index is 11.5. The van der Waals surface area contributed by atoms with Crippen LogP contribution in [0, 0.1) is 0 Å². The van der Waals surface area contributed by atoms with Crippen LogP contribution < -0.4 is 16.2 Å². The SMILES string of the molecule is COC(=O)NNC(=S)NC(=O)/C=C/c1ccccc1Cl. The lowest BCUT2D eigenvalue weighted by Gasteiger charge is -2.08. The molecule has 20 heavy (non-hydrogen) atoms. The molecule has 0 radical (unpaired) electrons. The molecular weight excluding hydrogens is 302 g/mol. The highest BCUT2D eigenvalue weighted by Crippen LogP contribution is 2.15. The molecule has 1 aromatic rings. The second-order valence-electron chi connectivity index (χ2n) is 3.41. The largest absolute Gasteiger partial charge is 0.452 e. The van der Waals surface area contributed by atoms with Crippen molar-refractivity contribution in [3.05, 3.63) is 40.9 Å². The molecule has 0 aliphatic carbocycles. The van der Waals surface area contributed by atoms with E-state index in [0.717, 1.165) is 0 Å². The van der Waals surface area contributed by atoms with Gasteiger partial charge in [-0.15, -0.1) is 0 Å². The molecular formula is C12H12ClN3O3S. The number of carbonyl (C=O) groups excluding carboxylic acids is 2. The summed E-state index contributed by atoms with van der Waals surface area (Å²) < 4.78 is 4.31. The van der Waals surface area contributed by atoms with E-state index >= 15 is 0 Å². The fourth-order valence-electron chi connectivity index (χ4n) is 1.12. The third kappa shape index (κ3) is 5.68. The van der Waals surface area contributed by atoms with Gasteiger partial charge in [-0.05, 0) is 29.9 Å². The van der Waals surface area contributed by atoms with Gasteiger partial charge in [0.25, 0.3) is 0 Å². The van der Waals surface area contributed by atoms with Crippen LogP contribution in [-0.2, 0) is 9.53 Å². The number of ether oxygens (including phenoxy) is 1. The molecule has 0 atom stereocenters. The monoisotopic (exact) mass is 313 g/mol. The molecule has 106 valence electrons. The van der Waals surface area contributed by atoms with Crippen LogP contribution in [0.25, 0.3) is 6.08 Å². The number of methoxy groups -OCH3 is 1. The number of nitrogens with one attached hydrogen (secondary N) is 3. The highest BCUT2D eigenvalue weighted by atomic mass is 35.5. The van der Waals surface area contributed by atoms with Crippen LogP contribution in [-0.4, -0.2) is 24.2 Å². The second-order valence-corrected chi connectivity index (χ2v) is 4.23. The molecule has 1 rings (SSSR count). The van der Waals surface area contributed by atoms with Gasteiger partial charge < -0.3 is 4.74 Å². The number of hydrazine groups is 1. The van der Waals surface area contributed by atoms with Crippen molar-refractivity contribution in [1.29, 1.82) is 0 Å². The van der Waals surface area contributed by atoms with E-state index in [-0.39, 0.29) is 5.11 Å². The van der Waals surface area contributed by atoms with Gasteiger partial charge >= 0.3 is 6.09 Å². The van der Waals surface area contributed by atoms with Gasteiger partial charge in [-0.25, -0.2) is 10.2 Å². The van der Waals surface area contributed by atoms with Crippen molar-refractivity contribution in [3.8, 4) is 0 Å². The lowest BCUT2D eigenvalue weighted by atomic mass is 10.2. The van der Waals surface area contributed by atoms with Crippen LogP contribution in [0.5, 0.6) is 0 Å². The summed E-state index contributed by atoms with van der Waals surface area (Å²) in [7, 11) is 1.20. The molecule has 3 N–H and O–H groups in total. The molecule has 0 aliphatic rings. The zero-order valence-electron chi connectivity index (χ0n) is 10.5. The van der Waals surface area contributed by atoms with Gasteiger partial charge in [-0.1, -0.05) is 29.8 Å². The predicted octanol–water partition coefficient (Wildman–Crippen LogP) is 1.61. The first-order valence-corrected chi connectivity index (χ1v) is 6.19. The van der Waals surface area contributed by atoms with Crippen molar-refractivity contribution in [2.24, 2.45) is 0 Å². The Labute approximate surface area is 126 Å². The van der Waals surface area contributed by atoms with Gasteiger partial charge in [0, 0.05) is 11.1 Å². The Bertz CT molecular complexity index is 549. The van der Waals surface area contributed by atoms with E-state index in [1.807, 2.05) is 0 Å². The van der Waals surface area contributed by atoms with E-state index < -0.39 is 12.0 Å². The van der Waals surface area contributed by atoms with Gasteiger partial charge in [0.1, 0.15) is 0 Å². The molecule has 0 saturated carbocycles. The summed E-state index contributed by atoms with van der Waals surface area (Å²) in [6, 6.07) is 7.07. The zero-order valence-corrected chi connectivity index (χ0v) is 12.0. The standard InChI is InChI=1S/C12H12ClN3O3S/c1-19-12(18)16-15-11(20)14-10(17)7-6-8-4-2-3-5-9(8)13/h2-7H,1H3,(H,16,18)(H2,14,15,17,20)/b7-6+. The summed E-state index contributed by atoms with van der Waals surface area (Å²) in [6.45, 7) is 0. The van der Waals surface area contributed by atoms with Crippen molar-refractivity contribution in [1.82, 2.24) is 16.2 Å². The average molecular weight is 314 g/mol. The maximum Gasteiger partial charge on any atom is 0.425 e. The lowest BCUT2D eigenvalue weighted by Crippen LogP contribution is -2.48. The van der Waals surface area contributed by atoms with E-state index in [1.165, 1.54) is 13.2 Å². The van der Waals surface area contributed by atoms with Crippen LogP contribution >= 0.6 is 23.8 Å². The first-order chi connectivity index (χ1) is 9.52. The van der Waals surface area contributed by atoms with E-state index in [9.17, 15) is 9.59 Å². The number of hydrogen-bond donors (Lipinski definition) is 3. The first kappa shape index (κ1) is 15.9. The molecule has 1 aromatic carbocycles. The quantitative estimate of drug-likeness (QED) is 0.439. The van der Waals surface area contributed by atoms with Crippen LogP contribution in [0.3, 0.4) is 0 Å². The summed E-state index contributed by atoms with van der Waals surface area (Å²) >= 11 is 10.7. The Morgan fingerprint density at radius 3 is 2.65 bits per heavy atom. The molecule has 0 bridgehead atoms. The lowest BCUT2D eigenvalue weighted by molar-refractivity contribution is -0.115. The number of hydrogen-bond acceptors (Lipinski definition) is 4. The molecule has 0 aromatic heterocycles. The zero-order chi connectivity index (χ0) is 15.0. The molecule has 0 heterocycles. The summed E-state index contributed by atoms with van der Waals surface area (Å²) in [4.78, 5) is 22.3. The van der Waals surface area contributed by atoms with Gasteiger partial charge in [-0.3, -0.25) is 15.5 Å². The molecule has 6 nitrogen and oxygen atoms in total. The molecule has 0 fully saturated rings. The van der Waals surface area contributed by atoms with E-state index in [0.29, 0.717) is 10.6 Å². The normalized spacial score (nSPS) is 9.90. The predicted molar refractivity (Wildman–Crippen MR) is 79.9 cm³/mol. The summed E-state index contributed by atoms with van der Waals surface area (Å²) in [5, 5.41) is 2.80. The van der Waals surface area contributed by atoms with Gasteiger partial charge in [0.15, 0.2) is 5.11 Å². The van der Waals surface area contributed by atoms with Crippen molar-refractivity contribution in [3.63, 3.8) is 0 Å². The Hall–Kier alpha value is -2.12. The smallest absolute Gasteiger partial charge is 0.425 e. The summed E-state index contributed by atoms with van der Waals surface area (Å²) in [5.74, 6) is -0.464. The Kier molecular flexibility index (Phi) is 6.48. The molecule has 0 saturated heterocycles. The minimum absolute atomic E-state index is 0.0655. The Morgan fingerprint density at radius 1 is 1.30 bits per heavy atom. The van der Waals surface area contributed by atoms with Crippen LogP contribution in [0.1, 0.15) is 5.56 Å². The van der Waals surface area contributed by atoms with E-state index in [1.54, 1.807) is 30.3 Å². The number of thiocarbonyl (C=S) groups is 1. The van der Waals surface area contributed by atoms with Gasteiger partial charge in [0.2, 0.25) is 5.91 Å². The molecule has 0 aliphatic heterocycles. The fourth-order valence-corrected chi connectivity index (χ4v) is 1.47. The number of amides is 2. The van der Waals surface area contributed by atoms with E-state index in [2.05, 4.69) is 20.9 Å². The topological polar surface area (TPSA) is 79.5 Å². The number of carbonyl (C=O) groups is 2. The van der Waals surface area contributed by atoms with Crippen LogP contribution in [0.15, 0.2) is 30.3 Å².